The molecule has 2 aromatic rings. The number of rotatable bonds is 4. The molecular formula is C19H22F6N4O5. The molecule has 190 valence electrons. The van der Waals surface area contributed by atoms with Gasteiger partial charge in [-0.3, -0.25) is 14.6 Å². The molecule has 2 aromatic heterocycles. The smallest absolute Gasteiger partial charge is 0.475 e. The van der Waals surface area contributed by atoms with E-state index in [-0.39, 0.29) is 0 Å². The molecule has 1 aliphatic rings. The van der Waals surface area contributed by atoms with Crippen molar-refractivity contribution in [3.8, 4) is 0 Å². The van der Waals surface area contributed by atoms with E-state index in [1.54, 1.807) is 7.11 Å². The first-order chi connectivity index (χ1) is 15.6. The van der Waals surface area contributed by atoms with E-state index in [1.165, 1.54) is 22.3 Å². The van der Waals surface area contributed by atoms with Crippen LogP contribution in [0.1, 0.15) is 22.3 Å². The van der Waals surface area contributed by atoms with Crippen molar-refractivity contribution < 1.29 is 50.9 Å². The molecule has 0 aromatic carbocycles. The molecule has 0 saturated carbocycles. The van der Waals surface area contributed by atoms with Crippen molar-refractivity contribution in [1.29, 1.82) is 0 Å². The van der Waals surface area contributed by atoms with E-state index in [9.17, 15) is 26.3 Å². The Morgan fingerprint density at radius 2 is 1.62 bits per heavy atom. The van der Waals surface area contributed by atoms with Crippen LogP contribution in [0, 0.1) is 0 Å². The fourth-order valence-electron chi connectivity index (χ4n) is 2.85. The molecule has 2 N–H and O–H groups in total. The summed E-state index contributed by atoms with van der Waals surface area (Å²) in [6.07, 6.45) is -1.16. The van der Waals surface area contributed by atoms with Crippen molar-refractivity contribution in [2.24, 2.45) is 7.05 Å². The van der Waals surface area contributed by atoms with E-state index >= 15 is 0 Å². The fraction of sp³-hybridized carbons (Fsp3) is 0.474. The highest BCUT2D eigenvalue weighted by atomic mass is 19.4. The molecule has 0 unspecified atom stereocenters. The molecule has 0 atom stereocenters. The second-order valence-corrected chi connectivity index (χ2v) is 6.96. The van der Waals surface area contributed by atoms with Crippen LogP contribution in [0.2, 0.25) is 0 Å². The lowest BCUT2D eigenvalue weighted by atomic mass is 9.97. The van der Waals surface area contributed by atoms with E-state index in [1.807, 2.05) is 30.3 Å². The number of fused-ring (bicyclic) bond motifs is 1. The molecule has 1 aliphatic heterocycles. The number of ether oxygens (including phenoxy) is 1. The Labute approximate surface area is 189 Å². The number of aryl methyl sites for hydroxylation is 1. The third-order valence-electron chi connectivity index (χ3n) is 4.26. The van der Waals surface area contributed by atoms with E-state index in [0.717, 1.165) is 26.1 Å². The quantitative estimate of drug-likeness (QED) is 0.616. The maximum atomic E-state index is 10.6. The van der Waals surface area contributed by atoms with Crippen molar-refractivity contribution in [1.82, 2.24) is 19.7 Å². The molecule has 0 spiro atoms. The van der Waals surface area contributed by atoms with Gasteiger partial charge in [0, 0.05) is 57.9 Å². The number of aromatic nitrogens is 3. The zero-order chi connectivity index (χ0) is 26.1. The summed E-state index contributed by atoms with van der Waals surface area (Å²) in [6, 6.07) is 0. The van der Waals surface area contributed by atoms with Gasteiger partial charge in [0.15, 0.2) is 0 Å². The molecule has 15 heteroatoms. The minimum Gasteiger partial charge on any atom is -0.475 e. The summed E-state index contributed by atoms with van der Waals surface area (Å²) in [4.78, 5) is 24.6. The average Bonchev–Trinajstić information content (AvgIpc) is 3.12. The van der Waals surface area contributed by atoms with Gasteiger partial charge in [0.25, 0.3) is 0 Å². The number of halogens is 6. The average molecular weight is 500 g/mol. The van der Waals surface area contributed by atoms with Crippen molar-refractivity contribution in [2.75, 3.05) is 13.7 Å². The van der Waals surface area contributed by atoms with Gasteiger partial charge in [0.05, 0.1) is 12.8 Å². The molecule has 9 nitrogen and oxygen atoms in total. The summed E-state index contributed by atoms with van der Waals surface area (Å²) in [6.45, 7) is 3.62. The number of hydrogen-bond acceptors (Lipinski definition) is 6. The summed E-state index contributed by atoms with van der Waals surface area (Å²) < 4.78 is 70.6. The topological polar surface area (TPSA) is 118 Å². The van der Waals surface area contributed by atoms with Gasteiger partial charge in [0.2, 0.25) is 0 Å². The highest BCUT2D eigenvalue weighted by Crippen LogP contribution is 2.23. The van der Waals surface area contributed by atoms with Crippen LogP contribution in [-0.2, 0) is 47.5 Å². The molecule has 3 heterocycles. The number of carboxylic acid groups (broad SMARTS) is 2. The standard InChI is InChI=1S/C15H20N4O.2C2HF3O2/c1-18-8-12(5-17-18)9-19-4-3-15-13(10-19)6-16-7-14(15)11-20-2;2*3-2(4,5)1(6)7/h5-8H,3-4,9-11H2,1-2H3;2*(H,6,7). The van der Waals surface area contributed by atoms with E-state index < -0.39 is 24.3 Å². The largest absolute Gasteiger partial charge is 0.490 e. The van der Waals surface area contributed by atoms with Crippen LogP contribution in [0.4, 0.5) is 26.3 Å². The normalized spacial score (nSPS) is 13.6. The Morgan fingerprint density at radius 3 is 2.06 bits per heavy atom. The summed E-state index contributed by atoms with van der Waals surface area (Å²) in [5, 5.41) is 18.5. The number of carboxylic acids is 2. The molecule has 0 fully saturated rings. The Balaban J connectivity index is 0.000000343. The van der Waals surface area contributed by atoms with Gasteiger partial charge < -0.3 is 14.9 Å². The third-order valence-corrected chi connectivity index (χ3v) is 4.26. The zero-order valence-corrected chi connectivity index (χ0v) is 18.0. The van der Waals surface area contributed by atoms with Gasteiger partial charge in [-0.1, -0.05) is 0 Å². The molecular weight excluding hydrogens is 478 g/mol. The van der Waals surface area contributed by atoms with Crippen molar-refractivity contribution in [3.63, 3.8) is 0 Å². The maximum absolute atomic E-state index is 10.6. The minimum atomic E-state index is -5.08. The lowest BCUT2D eigenvalue weighted by Gasteiger charge is -2.29. The van der Waals surface area contributed by atoms with Crippen molar-refractivity contribution in [2.45, 2.75) is 38.5 Å². The van der Waals surface area contributed by atoms with Crippen LogP contribution in [0.5, 0.6) is 0 Å². The lowest BCUT2D eigenvalue weighted by molar-refractivity contribution is -0.193. The van der Waals surface area contributed by atoms with Crippen LogP contribution in [0.3, 0.4) is 0 Å². The van der Waals surface area contributed by atoms with Crippen LogP contribution in [0.25, 0.3) is 0 Å². The Kier molecular flexibility index (Phi) is 10.4. The Morgan fingerprint density at radius 1 is 1.06 bits per heavy atom. The Bertz CT molecular complexity index is 937. The first kappa shape index (κ1) is 28.8. The maximum Gasteiger partial charge on any atom is 0.490 e. The number of aliphatic carboxylic acids is 2. The van der Waals surface area contributed by atoms with Gasteiger partial charge in [0.1, 0.15) is 0 Å². The van der Waals surface area contributed by atoms with E-state index in [0.29, 0.717) is 6.61 Å². The number of hydrogen-bond donors (Lipinski definition) is 2. The van der Waals surface area contributed by atoms with Crippen LogP contribution >= 0.6 is 0 Å². The second-order valence-electron chi connectivity index (χ2n) is 6.96. The molecule has 34 heavy (non-hydrogen) atoms. The van der Waals surface area contributed by atoms with Crippen molar-refractivity contribution >= 4 is 11.9 Å². The zero-order valence-electron chi connectivity index (χ0n) is 18.0. The third kappa shape index (κ3) is 9.74. The van der Waals surface area contributed by atoms with Gasteiger partial charge in [-0.05, 0) is 23.1 Å². The molecule has 0 amide bonds. The van der Waals surface area contributed by atoms with E-state index in [4.69, 9.17) is 24.5 Å². The van der Waals surface area contributed by atoms with Crippen LogP contribution in [0.15, 0.2) is 24.8 Å². The Hall–Kier alpha value is -3.20. The molecule has 3 rings (SSSR count). The predicted octanol–water partition coefficient (Wildman–Crippen LogP) is 2.79. The van der Waals surface area contributed by atoms with Gasteiger partial charge in [-0.15, -0.1) is 0 Å². The highest BCUT2D eigenvalue weighted by molar-refractivity contribution is 5.73. The van der Waals surface area contributed by atoms with Gasteiger partial charge >= 0.3 is 24.3 Å². The minimum absolute atomic E-state index is 0.652. The molecule has 0 saturated heterocycles. The monoisotopic (exact) mass is 500 g/mol. The SMILES string of the molecule is COCc1cncc2c1CCN(Cc1cnn(C)c1)C2.O=C(O)C(F)(F)F.O=C(O)C(F)(F)F. The van der Waals surface area contributed by atoms with Crippen LogP contribution in [-0.4, -0.2) is 67.8 Å². The second kappa shape index (κ2) is 12.3. The first-order valence-electron chi connectivity index (χ1n) is 9.38. The summed E-state index contributed by atoms with van der Waals surface area (Å²) in [5.74, 6) is -5.51. The first-order valence-corrected chi connectivity index (χ1v) is 9.38. The summed E-state index contributed by atoms with van der Waals surface area (Å²) in [7, 11) is 3.69. The number of nitrogens with zero attached hydrogens (tertiary/aromatic N) is 4. The van der Waals surface area contributed by atoms with Gasteiger partial charge in [-0.25, -0.2) is 9.59 Å². The highest BCUT2D eigenvalue weighted by Gasteiger charge is 2.38. The number of alkyl halides is 6. The molecule has 0 aliphatic carbocycles. The number of methoxy groups -OCH3 is 1. The fourth-order valence-corrected chi connectivity index (χ4v) is 2.85. The molecule has 0 radical (unpaired) electrons. The predicted molar refractivity (Wildman–Crippen MR) is 103 cm³/mol. The summed E-state index contributed by atoms with van der Waals surface area (Å²) in [5.41, 5.74) is 5.24. The number of pyridine rings is 1. The molecule has 0 bridgehead atoms. The summed E-state index contributed by atoms with van der Waals surface area (Å²) >= 11 is 0. The van der Waals surface area contributed by atoms with Gasteiger partial charge in [-0.2, -0.15) is 31.4 Å². The van der Waals surface area contributed by atoms with Crippen LogP contribution < -0.4 is 0 Å². The van der Waals surface area contributed by atoms with Crippen molar-refractivity contribution in [3.05, 3.63) is 47.0 Å². The van der Waals surface area contributed by atoms with E-state index in [2.05, 4.69) is 21.2 Å². The lowest BCUT2D eigenvalue weighted by Crippen LogP contribution is -2.30. The number of carbonyl (C=O) groups is 2.